The van der Waals surface area contributed by atoms with E-state index in [0.717, 1.165) is 53.0 Å². The van der Waals surface area contributed by atoms with Crippen molar-refractivity contribution in [1.82, 2.24) is 15.1 Å². The van der Waals surface area contributed by atoms with Gasteiger partial charge in [0.05, 0.1) is 10.5 Å². The van der Waals surface area contributed by atoms with E-state index in [1.54, 1.807) is 0 Å². The van der Waals surface area contributed by atoms with E-state index in [4.69, 9.17) is 21.1 Å². The van der Waals surface area contributed by atoms with E-state index in [0.29, 0.717) is 16.8 Å². The number of aryl methyl sites for hydroxylation is 1. The number of benzene rings is 1. The van der Waals surface area contributed by atoms with Crippen molar-refractivity contribution in [3.63, 3.8) is 0 Å². The van der Waals surface area contributed by atoms with Crippen LogP contribution in [0.15, 0.2) is 33.3 Å². The lowest BCUT2D eigenvalue weighted by Crippen LogP contribution is -2.33. The highest BCUT2D eigenvalue weighted by Crippen LogP contribution is 2.32. The second-order valence-electron chi connectivity index (χ2n) is 6.07. The Bertz CT molecular complexity index is 889. The number of halogens is 2. The summed E-state index contributed by atoms with van der Waals surface area (Å²) in [4.78, 5) is 11.4. The Morgan fingerprint density at radius 2 is 2.00 bits per heavy atom. The number of aromatic nitrogens is 3. The average molecular weight is 408 g/mol. The monoisotopic (exact) mass is 406 g/mol. The molecule has 0 spiro atoms. The van der Waals surface area contributed by atoms with Gasteiger partial charge in [0, 0.05) is 28.9 Å². The van der Waals surface area contributed by atoms with Crippen molar-refractivity contribution in [3.8, 4) is 0 Å². The number of anilines is 1. The molecule has 3 aromatic rings. The van der Waals surface area contributed by atoms with Crippen molar-refractivity contribution in [3.05, 3.63) is 45.5 Å². The van der Waals surface area contributed by atoms with Crippen LogP contribution in [0, 0.1) is 6.92 Å². The van der Waals surface area contributed by atoms with E-state index >= 15 is 0 Å². The molecule has 1 saturated heterocycles. The van der Waals surface area contributed by atoms with E-state index in [-0.39, 0.29) is 0 Å². The van der Waals surface area contributed by atoms with Gasteiger partial charge in [0.1, 0.15) is 5.82 Å². The Morgan fingerprint density at radius 3 is 2.71 bits per heavy atom. The summed E-state index contributed by atoms with van der Waals surface area (Å²) in [6.45, 7) is 3.68. The fourth-order valence-corrected chi connectivity index (χ4v) is 4.03. The minimum Gasteiger partial charge on any atom is -0.357 e. The molecular formula is C17H16BrClN4O. The lowest BCUT2D eigenvalue weighted by molar-refractivity contribution is 0.327. The summed E-state index contributed by atoms with van der Waals surface area (Å²) in [6.07, 6.45) is 1.96. The Kier molecular flexibility index (Phi) is 4.18. The van der Waals surface area contributed by atoms with E-state index in [2.05, 4.69) is 43.1 Å². The first kappa shape index (κ1) is 15.8. The molecule has 1 aromatic carbocycles. The van der Waals surface area contributed by atoms with E-state index in [9.17, 15) is 0 Å². The molecule has 24 heavy (non-hydrogen) atoms. The zero-order valence-corrected chi connectivity index (χ0v) is 15.5. The van der Waals surface area contributed by atoms with Crippen molar-refractivity contribution in [2.45, 2.75) is 25.7 Å². The number of nitrogens with zero attached hydrogens (tertiary/aromatic N) is 4. The van der Waals surface area contributed by atoms with Gasteiger partial charge < -0.3 is 9.42 Å². The Morgan fingerprint density at radius 1 is 1.21 bits per heavy atom. The lowest BCUT2D eigenvalue weighted by atomic mass is 9.97. The maximum Gasteiger partial charge on any atom is 0.229 e. The van der Waals surface area contributed by atoms with Gasteiger partial charge in [0.25, 0.3) is 0 Å². The maximum atomic E-state index is 6.34. The lowest BCUT2D eigenvalue weighted by Gasteiger charge is -2.31. The minimum atomic E-state index is 0.336. The standard InChI is InChI=1S/C17H16BrClN4O/c1-10-20-17(24-22-10)11-4-6-23(7-5-11)15-3-2-12-8-13(18)9-14(19)16(12)21-15/h2-3,8-9,11H,4-7H2,1H3. The van der Waals surface area contributed by atoms with Crippen LogP contribution in [0.25, 0.3) is 10.9 Å². The highest BCUT2D eigenvalue weighted by Gasteiger charge is 2.25. The number of fused-ring (bicyclic) bond motifs is 1. The largest absolute Gasteiger partial charge is 0.357 e. The fraction of sp³-hybridized carbons (Fsp3) is 0.353. The number of hydrogen-bond donors (Lipinski definition) is 0. The molecule has 124 valence electrons. The highest BCUT2D eigenvalue weighted by atomic mass is 79.9. The van der Waals surface area contributed by atoms with Crippen LogP contribution in [-0.4, -0.2) is 28.2 Å². The van der Waals surface area contributed by atoms with Gasteiger partial charge in [-0.3, -0.25) is 0 Å². The predicted molar refractivity (Wildman–Crippen MR) is 97.7 cm³/mol. The first-order valence-electron chi connectivity index (χ1n) is 7.91. The van der Waals surface area contributed by atoms with Gasteiger partial charge >= 0.3 is 0 Å². The second-order valence-corrected chi connectivity index (χ2v) is 7.39. The molecule has 1 aliphatic heterocycles. The van der Waals surface area contributed by atoms with Crippen LogP contribution in [0.2, 0.25) is 5.02 Å². The third-order valence-corrected chi connectivity index (χ3v) is 5.15. The first-order chi connectivity index (χ1) is 11.6. The van der Waals surface area contributed by atoms with Gasteiger partial charge in [0.2, 0.25) is 5.89 Å². The molecule has 0 unspecified atom stereocenters. The van der Waals surface area contributed by atoms with Crippen LogP contribution in [0.5, 0.6) is 0 Å². The molecule has 4 rings (SSSR count). The zero-order valence-electron chi connectivity index (χ0n) is 13.2. The minimum absolute atomic E-state index is 0.336. The molecule has 7 heteroatoms. The summed E-state index contributed by atoms with van der Waals surface area (Å²) in [5.74, 6) is 2.75. The quantitative estimate of drug-likeness (QED) is 0.615. The van der Waals surface area contributed by atoms with Gasteiger partial charge in [-0.1, -0.05) is 32.7 Å². The van der Waals surface area contributed by atoms with Crippen molar-refractivity contribution < 1.29 is 4.52 Å². The number of piperidine rings is 1. The molecule has 0 saturated carbocycles. The number of pyridine rings is 1. The molecule has 0 bridgehead atoms. The van der Waals surface area contributed by atoms with Gasteiger partial charge in [-0.25, -0.2) is 4.98 Å². The Hall–Kier alpha value is -1.66. The summed E-state index contributed by atoms with van der Waals surface area (Å²) in [5.41, 5.74) is 0.840. The van der Waals surface area contributed by atoms with E-state index < -0.39 is 0 Å². The third kappa shape index (κ3) is 3.00. The molecule has 1 fully saturated rings. The Balaban J connectivity index is 1.54. The molecule has 5 nitrogen and oxygen atoms in total. The Labute approximate surface area is 153 Å². The molecule has 0 radical (unpaired) electrons. The highest BCUT2D eigenvalue weighted by molar-refractivity contribution is 9.10. The first-order valence-corrected chi connectivity index (χ1v) is 9.08. The summed E-state index contributed by atoms with van der Waals surface area (Å²) in [5, 5.41) is 5.59. The summed E-state index contributed by atoms with van der Waals surface area (Å²) in [6, 6.07) is 8.04. The van der Waals surface area contributed by atoms with Crippen molar-refractivity contribution in [2.24, 2.45) is 0 Å². The van der Waals surface area contributed by atoms with Crippen molar-refractivity contribution in [1.29, 1.82) is 0 Å². The summed E-state index contributed by atoms with van der Waals surface area (Å²) < 4.78 is 6.28. The molecule has 2 aromatic heterocycles. The molecule has 0 atom stereocenters. The zero-order chi connectivity index (χ0) is 16.7. The van der Waals surface area contributed by atoms with Crippen LogP contribution < -0.4 is 4.90 Å². The second kappa shape index (κ2) is 6.33. The summed E-state index contributed by atoms with van der Waals surface area (Å²) in [7, 11) is 0. The summed E-state index contributed by atoms with van der Waals surface area (Å²) >= 11 is 9.81. The number of rotatable bonds is 2. The average Bonchev–Trinajstić information content (AvgIpc) is 3.01. The van der Waals surface area contributed by atoms with Gasteiger partial charge in [-0.2, -0.15) is 4.98 Å². The van der Waals surface area contributed by atoms with Crippen LogP contribution in [0.4, 0.5) is 5.82 Å². The van der Waals surface area contributed by atoms with Crippen LogP contribution in [-0.2, 0) is 0 Å². The van der Waals surface area contributed by atoms with E-state index in [1.807, 2.05) is 19.1 Å². The SMILES string of the molecule is Cc1noc(C2CCN(c3ccc4cc(Br)cc(Cl)c4n3)CC2)n1. The molecular weight excluding hydrogens is 392 g/mol. The molecule has 0 amide bonds. The normalized spacial score (nSPS) is 16.0. The third-order valence-electron chi connectivity index (χ3n) is 4.41. The topological polar surface area (TPSA) is 55.1 Å². The number of hydrogen-bond acceptors (Lipinski definition) is 5. The molecule has 0 aliphatic carbocycles. The van der Waals surface area contributed by atoms with Crippen molar-refractivity contribution in [2.75, 3.05) is 18.0 Å². The van der Waals surface area contributed by atoms with Crippen LogP contribution in [0.1, 0.15) is 30.5 Å². The fourth-order valence-electron chi connectivity index (χ4n) is 3.16. The van der Waals surface area contributed by atoms with Crippen LogP contribution >= 0.6 is 27.5 Å². The van der Waals surface area contributed by atoms with Gasteiger partial charge in [0.15, 0.2) is 5.82 Å². The van der Waals surface area contributed by atoms with Crippen LogP contribution in [0.3, 0.4) is 0 Å². The molecule has 0 N–H and O–H groups in total. The van der Waals surface area contributed by atoms with Crippen molar-refractivity contribution >= 4 is 44.3 Å². The van der Waals surface area contributed by atoms with Gasteiger partial charge in [-0.05, 0) is 44.0 Å². The molecule has 3 heterocycles. The smallest absolute Gasteiger partial charge is 0.229 e. The predicted octanol–water partition coefficient (Wildman–Crippen LogP) is 4.73. The van der Waals surface area contributed by atoms with Gasteiger partial charge in [-0.15, -0.1) is 0 Å². The maximum absolute atomic E-state index is 6.34. The molecule has 1 aliphatic rings. The van der Waals surface area contributed by atoms with E-state index in [1.165, 1.54) is 0 Å².